The number of carbonyl (C=O) groups excluding carboxylic acids is 1. The summed E-state index contributed by atoms with van der Waals surface area (Å²) in [6, 6.07) is 8.42. The lowest BCUT2D eigenvalue weighted by atomic mass is 9.85. The average molecular weight is 390 g/mol. The van der Waals surface area contributed by atoms with Gasteiger partial charge in [0.1, 0.15) is 0 Å². The maximum absolute atomic E-state index is 13.4. The van der Waals surface area contributed by atoms with E-state index in [4.69, 9.17) is 11.6 Å². The summed E-state index contributed by atoms with van der Waals surface area (Å²) in [5.41, 5.74) is 1.20. The Labute approximate surface area is 168 Å². The molecule has 2 saturated heterocycles. The van der Waals surface area contributed by atoms with Crippen LogP contribution in [-0.4, -0.2) is 54.5 Å². The minimum Gasteiger partial charge on any atom is -0.331 e. The van der Waals surface area contributed by atoms with E-state index < -0.39 is 0 Å². The van der Waals surface area contributed by atoms with Crippen LogP contribution in [0.1, 0.15) is 44.2 Å². The minimum absolute atomic E-state index is 0.0723. The zero-order chi connectivity index (χ0) is 19.2. The number of nitrogens with one attached hydrogen (secondary N) is 1. The lowest BCUT2D eigenvalue weighted by molar-refractivity contribution is -0.146. The van der Waals surface area contributed by atoms with Crippen molar-refractivity contribution in [3.63, 3.8) is 0 Å². The van der Waals surface area contributed by atoms with Gasteiger partial charge in [0, 0.05) is 49.7 Å². The molecule has 0 saturated carbocycles. The van der Waals surface area contributed by atoms with E-state index in [9.17, 15) is 4.79 Å². The number of hydrogen-bond donors (Lipinski definition) is 1. The summed E-state index contributed by atoms with van der Waals surface area (Å²) in [5.74, 6) is 0.367. The molecule has 2 aliphatic rings. The number of rotatable bonds is 7. The fourth-order valence-corrected chi connectivity index (χ4v) is 4.58. The molecular weight excluding hydrogens is 358 g/mol. The van der Waals surface area contributed by atoms with Gasteiger partial charge >= 0.3 is 0 Å². The van der Waals surface area contributed by atoms with E-state index in [0.717, 1.165) is 63.4 Å². The number of piperazine rings is 1. The van der Waals surface area contributed by atoms with Crippen molar-refractivity contribution in [2.75, 3.05) is 32.7 Å². The molecule has 0 bridgehead atoms. The molecule has 148 valence electrons. The number of hydrogen-bond acceptors (Lipinski definition) is 3. The monoisotopic (exact) mass is 389 g/mol. The number of amides is 1. The predicted molar refractivity (Wildman–Crippen MR) is 112 cm³/mol. The predicted octanol–water partition coefficient (Wildman–Crippen LogP) is 3.88. The van der Waals surface area contributed by atoms with Crippen LogP contribution in [0.25, 0.3) is 0 Å². The molecule has 0 radical (unpaired) electrons. The summed E-state index contributed by atoms with van der Waals surface area (Å²) in [6.45, 7) is 11.2. The Kier molecular flexibility index (Phi) is 7.33. The molecule has 1 aromatic rings. The maximum Gasteiger partial charge on any atom is 0.226 e. The lowest BCUT2D eigenvalue weighted by Gasteiger charge is -2.45. The van der Waals surface area contributed by atoms with Gasteiger partial charge < -0.3 is 10.2 Å². The van der Waals surface area contributed by atoms with Crippen molar-refractivity contribution < 1.29 is 4.79 Å². The normalized spacial score (nSPS) is 25.4. The Morgan fingerprint density at radius 1 is 1.26 bits per heavy atom. The number of allylic oxidation sites excluding steroid dienone is 1. The standard InChI is InChI=1S/C22H32ClN3O/c1-3-5-18-8-11-21(17-6-9-19(23)10-7-17)26(22(18)27)20(4-2)16-25-14-12-24-13-15-25/h3,6-7,9-10,18,20-21,24H,1,4-5,8,11-16H2,2H3/t18-,20?,21?/m0/s1. The second-order valence-electron chi connectivity index (χ2n) is 7.72. The Morgan fingerprint density at radius 3 is 2.59 bits per heavy atom. The van der Waals surface area contributed by atoms with Crippen LogP contribution in [0.15, 0.2) is 36.9 Å². The number of piperidine rings is 1. The smallest absolute Gasteiger partial charge is 0.226 e. The lowest BCUT2D eigenvalue weighted by Crippen LogP contribution is -2.54. The van der Waals surface area contributed by atoms with E-state index in [1.54, 1.807) is 0 Å². The molecule has 1 amide bonds. The van der Waals surface area contributed by atoms with Gasteiger partial charge in [0.2, 0.25) is 5.91 Å². The van der Waals surface area contributed by atoms with Crippen molar-refractivity contribution in [3.8, 4) is 0 Å². The van der Waals surface area contributed by atoms with E-state index in [-0.39, 0.29) is 18.0 Å². The van der Waals surface area contributed by atoms with E-state index in [0.29, 0.717) is 5.91 Å². The van der Waals surface area contributed by atoms with Crippen LogP contribution in [0.5, 0.6) is 0 Å². The molecule has 1 N–H and O–H groups in total. The van der Waals surface area contributed by atoms with Gasteiger partial charge in [-0.05, 0) is 43.4 Å². The van der Waals surface area contributed by atoms with Crippen LogP contribution in [0.3, 0.4) is 0 Å². The van der Waals surface area contributed by atoms with Gasteiger partial charge in [-0.15, -0.1) is 6.58 Å². The molecule has 0 spiro atoms. The highest BCUT2D eigenvalue weighted by atomic mass is 35.5. The molecule has 2 aliphatic heterocycles. The highest BCUT2D eigenvalue weighted by Gasteiger charge is 2.39. The number of likely N-dealkylation sites (tertiary alicyclic amines) is 1. The highest BCUT2D eigenvalue weighted by molar-refractivity contribution is 6.30. The van der Waals surface area contributed by atoms with Gasteiger partial charge in [-0.3, -0.25) is 9.69 Å². The van der Waals surface area contributed by atoms with Crippen LogP contribution >= 0.6 is 11.6 Å². The Morgan fingerprint density at radius 2 is 1.96 bits per heavy atom. The van der Waals surface area contributed by atoms with Gasteiger partial charge in [0.15, 0.2) is 0 Å². The average Bonchev–Trinajstić information content (AvgIpc) is 2.69. The molecule has 5 heteroatoms. The summed E-state index contributed by atoms with van der Waals surface area (Å²) in [4.78, 5) is 18.1. The second kappa shape index (κ2) is 9.72. The fraction of sp³-hybridized carbons (Fsp3) is 0.591. The quantitative estimate of drug-likeness (QED) is 0.719. The number of halogens is 1. The molecule has 0 aromatic heterocycles. The van der Waals surface area contributed by atoms with Crippen LogP contribution in [0, 0.1) is 5.92 Å². The Hall–Kier alpha value is -1.36. The van der Waals surface area contributed by atoms with Gasteiger partial charge in [0.25, 0.3) is 0 Å². The van der Waals surface area contributed by atoms with Crippen molar-refractivity contribution in [3.05, 3.63) is 47.5 Å². The van der Waals surface area contributed by atoms with Crippen molar-refractivity contribution in [1.82, 2.24) is 15.1 Å². The molecule has 2 fully saturated rings. The molecule has 4 nitrogen and oxygen atoms in total. The summed E-state index contributed by atoms with van der Waals surface area (Å²) >= 11 is 6.09. The summed E-state index contributed by atoms with van der Waals surface area (Å²) < 4.78 is 0. The van der Waals surface area contributed by atoms with Gasteiger partial charge in [-0.1, -0.05) is 36.7 Å². The summed E-state index contributed by atoms with van der Waals surface area (Å²) in [5, 5.41) is 4.15. The fourth-order valence-electron chi connectivity index (χ4n) is 4.46. The first-order chi connectivity index (χ1) is 13.1. The van der Waals surface area contributed by atoms with Crippen molar-refractivity contribution in [2.24, 2.45) is 5.92 Å². The topological polar surface area (TPSA) is 35.6 Å². The number of carbonyl (C=O) groups is 1. The van der Waals surface area contributed by atoms with Gasteiger partial charge in [0.05, 0.1) is 6.04 Å². The first-order valence-electron chi connectivity index (χ1n) is 10.3. The summed E-state index contributed by atoms with van der Waals surface area (Å²) in [7, 11) is 0. The van der Waals surface area contributed by atoms with Crippen LogP contribution in [0.4, 0.5) is 0 Å². The number of benzene rings is 1. The third-order valence-corrected chi connectivity index (χ3v) is 6.23. The van der Waals surface area contributed by atoms with Crippen molar-refractivity contribution in [1.29, 1.82) is 0 Å². The highest BCUT2D eigenvalue weighted by Crippen LogP contribution is 2.38. The molecule has 3 atom stereocenters. The second-order valence-corrected chi connectivity index (χ2v) is 8.16. The SMILES string of the molecule is C=CC[C@H]1CCC(c2ccc(Cl)cc2)N(C(CC)CN2CCNCC2)C1=O. The van der Waals surface area contributed by atoms with Crippen LogP contribution in [-0.2, 0) is 4.79 Å². The molecular formula is C22H32ClN3O. The first kappa shape index (κ1) is 20.4. The third kappa shape index (κ3) is 4.92. The Bertz CT molecular complexity index is 627. The maximum atomic E-state index is 13.4. The van der Waals surface area contributed by atoms with Gasteiger partial charge in [-0.25, -0.2) is 0 Å². The van der Waals surface area contributed by atoms with E-state index >= 15 is 0 Å². The molecule has 1 aromatic carbocycles. The van der Waals surface area contributed by atoms with Crippen molar-refractivity contribution >= 4 is 17.5 Å². The van der Waals surface area contributed by atoms with Crippen molar-refractivity contribution in [2.45, 2.75) is 44.7 Å². The molecule has 27 heavy (non-hydrogen) atoms. The number of nitrogens with zero attached hydrogens (tertiary/aromatic N) is 2. The molecule has 2 heterocycles. The molecule has 3 rings (SSSR count). The summed E-state index contributed by atoms with van der Waals surface area (Å²) in [6.07, 6.45) is 5.57. The van der Waals surface area contributed by atoms with E-state index in [2.05, 4.69) is 40.8 Å². The Balaban J connectivity index is 1.85. The zero-order valence-electron chi connectivity index (χ0n) is 16.4. The van der Waals surface area contributed by atoms with E-state index in [1.165, 1.54) is 5.56 Å². The van der Waals surface area contributed by atoms with Crippen LogP contribution < -0.4 is 5.32 Å². The van der Waals surface area contributed by atoms with E-state index in [1.807, 2.05) is 18.2 Å². The zero-order valence-corrected chi connectivity index (χ0v) is 17.1. The third-order valence-electron chi connectivity index (χ3n) is 5.98. The molecule has 2 unspecified atom stereocenters. The first-order valence-corrected chi connectivity index (χ1v) is 10.6. The minimum atomic E-state index is 0.0723. The van der Waals surface area contributed by atoms with Crippen LogP contribution in [0.2, 0.25) is 5.02 Å². The van der Waals surface area contributed by atoms with Gasteiger partial charge in [-0.2, -0.15) is 0 Å². The molecule has 0 aliphatic carbocycles. The largest absolute Gasteiger partial charge is 0.331 e.